The molecule has 1 atom stereocenters. The molecule has 0 radical (unpaired) electrons. The molecule has 1 aromatic heterocycles. The second-order valence-corrected chi connectivity index (χ2v) is 7.13. The van der Waals surface area contributed by atoms with Crippen LogP contribution in [0.15, 0.2) is 69.9 Å². The molecule has 29 heavy (non-hydrogen) atoms. The van der Waals surface area contributed by atoms with E-state index in [0.29, 0.717) is 16.0 Å². The number of nitrogens with zero attached hydrogens (tertiary/aromatic N) is 2. The molecule has 0 saturated carbocycles. The van der Waals surface area contributed by atoms with Gasteiger partial charge in [-0.2, -0.15) is 18.3 Å². The maximum Gasteiger partial charge on any atom is 0.421 e. The summed E-state index contributed by atoms with van der Waals surface area (Å²) in [5.41, 5.74) is -2.25. The van der Waals surface area contributed by atoms with Crippen molar-refractivity contribution in [1.29, 1.82) is 0 Å². The molecule has 2 aromatic carbocycles. The molecule has 0 saturated heterocycles. The van der Waals surface area contributed by atoms with E-state index in [1.165, 1.54) is 0 Å². The Morgan fingerprint density at radius 2 is 1.76 bits per heavy atom. The van der Waals surface area contributed by atoms with Gasteiger partial charge in [-0.05, 0) is 30.3 Å². The van der Waals surface area contributed by atoms with Gasteiger partial charge in [-0.1, -0.05) is 46.3 Å². The molecule has 152 valence electrons. The molecule has 0 spiro atoms. The van der Waals surface area contributed by atoms with Crippen LogP contribution in [0.3, 0.4) is 0 Å². The second kappa shape index (κ2) is 8.79. The van der Waals surface area contributed by atoms with E-state index >= 15 is 0 Å². The van der Waals surface area contributed by atoms with Crippen molar-refractivity contribution in [1.82, 2.24) is 9.78 Å². The molecule has 9 heteroatoms. The number of ether oxygens (including phenoxy) is 1. The lowest BCUT2D eigenvalue weighted by Gasteiger charge is -2.16. The van der Waals surface area contributed by atoms with E-state index in [2.05, 4.69) is 21.0 Å². The number of aromatic nitrogens is 2. The van der Waals surface area contributed by atoms with Crippen molar-refractivity contribution in [2.45, 2.75) is 18.8 Å². The fourth-order valence-corrected chi connectivity index (χ4v) is 2.86. The van der Waals surface area contributed by atoms with Crippen molar-refractivity contribution in [2.24, 2.45) is 0 Å². The van der Waals surface area contributed by atoms with Gasteiger partial charge in [0.2, 0.25) is 0 Å². The Morgan fingerprint density at radius 3 is 2.38 bits per heavy atom. The maximum absolute atomic E-state index is 13.3. The van der Waals surface area contributed by atoms with Gasteiger partial charge in [-0.25, -0.2) is 4.68 Å². The van der Waals surface area contributed by atoms with Gasteiger partial charge in [0.15, 0.2) is 0 Å². The van der Waals surface area contributed by atoms with E-state index in [-0.39, 0.29) is 12.3 Å². The molecule has 0 aliphatic carbocycles. The maximum atomic E-state index is 13.3. The van der Waals surface area contributed by atoms with Crippen LogP contribution < -0.4 is 10.3 Å². The highest BCUT2D eigenvalue weighted by atomic mass is 79.9. The summed E-state index contributed by atoms with van der Waals surface area (Å²) in [5.74, 6) is 0.474. The normalized spacial score (nSPS) is 12.6. The van der Waals surface area contributed by atoms with Crippen LogP contribution in [0.4, 0.5) is 13.2 Å². The lowest BCUT2D eigenvalue weighted by Crippen LogP contribution is -2.35. The van der Waals surface area contributed by atoms with Crippen LogP contribution in [0.25, 0.3) is 11.3 Å². The largest absolute Gasteiger partial charge is 0.491 e. The Bertz CT molecular complexity index is 1020. The van der Waals surface area contributed by atoms with Crippen LogP contribution >= 0.6 is 15.9 Å². The Hall–Kier alpha value is -2.65. The third-order valence-electron chi connectivity index (χ3n) is 3.99. The van der Waals surface area contributed by atoms with Crippen LogP contribution in [0.1, 0.15) is 5.56 Å². The van der Waals surface area contributed by atoms with Crippen LogP contribution in [0, 0.1) is 0 Å². The van der Waals surface area contributed by atoms with Gasteiger partial charge in [0.05, 0.1) is 12.2 Å². The van der Waals surface area contributed by atoms with E-state index < -0.39 is 29.9 Å². The molecule has 3 rings (SSSR count). The SMILES string of the molecule is O=c1c(C(F)(F)F)cc(-c2ccccc2)nn1C[C@H](O)COc1ccc(Br)cc1. The molecular formula is C20H16BrF3N2O3. The highest BCUT2D eigenvalue weighted by Gasteiger charge is 2.35. The molecule has 3 aromatic rings. The van der Waals surface area contributed by atoms with Crippen LogP contribution in [0.2, 0.25) is 0 Å². The third-order valence-corrected chi connectivity index (χ3v) is 4.52. The van der Waals surface area contributed by atoms with E-state index in [4.69, 9.17) is 4.74 Å². The molecule has 0 amide bonds. The summed E-state index contributed by atoms with van der Waals surface area (Å²) < 4.78 is 46.9. The van der Waals surface area contributed by atoms with Gasteiger partial charge >= 0.3 is 6.18 Å². The molecule has 0 bridgehead atoms. The summed E-state index contributed by atoms with van der Waals surface area (Å²) in [4.78, 5) is 12.3. The number of halogens is 4. The van der Waals surface area contributed by atoms with E-state index in [1.54, 1.807) is 54.6 Å². The zero-order valence-electron chi connectivity index (χ0n) is 14.9. The van der Waals surface area contributed by atoms with Crippen molar-refractivity contribution in [3.63, 3.8) is 0 Å². The van der Waals surface area contributed by atoms with Crippen molar-refractivity contribution in [2.75, 3.05) is 6.61 Å². The molecule has 5 nitrogen and oxygen atoms in total. The number of rotatable bonds is 6. The molecule has 0 aliphatic heterocycles. The van der Waals surface area contributed by atoms with Crippen molar-refractivity contribution < 1.29 is 23.0 Å². The number of hydrogen-bond acceptors (Lipinski definition) is 4. The van der Waals surface area contributed by atoms with E-state index in [0.717, 1.165) is 10.5 Å². The molecule has 1 heterocycles. The lowest BCUT2D eigenvalue weighted by atomic mass is 10.1. The predicted octanol–water partition coefficient (Wildman–Crippen LogP) is 4.13. The first-order valence-corrected chi connectivity index (χ1v) is 9.34. The summed E-state index contributed by atoms with van der Waals surface area (Å²) >= 11 is 3.28. The van der Waals surface area contributed by atoms with Gasteiger partial charge in [-0.3, -0.25) is 4.79 Å². The van der Waals surface area contributed by atoms with Gasteiger partial charge in [0, 0.05) is 10.0 Å². The minimum atomic E-state index is -4.84. The van der Waals surface area contributed by atoms with Crippen molar-refractivity contribution in [3.8, 4) is 17.0 Å². The van der Waals surface area contributed by atoms with Crippen molar-refractivity contribution in [3.05, 3.63) is 81.1 Å². The number of hydrogen-bond donors (Lipinski definition) is 1. The minimum Gasteiger partial charge on any atom is -0.491 e. The van der Waals surface area contributed by atoms with Gasteiger partial charge in [0.1, 0.15) is 24.0 Å². The summed E-state index contributed by atoms with van der Waals surface area (Å²) in [6.07, 6.45) is -6.08. The Kier molecular flexibility index (Phi) is 6.39. The summed E-state index contributed by atoms with van der Waals surface area (Å²) in [5, 5.41) is 14.2. The average molecular weight is 469 g/mol. The fraction of sp³-hybridized carbons (Fsp3) is 0.200. The topological polar surface area (TPSA) is 64.4 Å². The zero-order chi connectivity index (χ0) is 21.0. The average Bonchev–Trinajstić information content (AvgIpc) is 2.69. The van der Waals surface area contributed by atoms with Crippen LogP contribution in [0.5, 0.6) is 5.75 Å². The highest BCUT2D eigenvalue weighted by Crippen LogP contribution is 2.29. The Morgan fingerprint density at radius 1 is 1.10 bits per heavy atom. The number of alkyl halides is 3. The first-order valence-electron chi connectivity index (χ1n) is 8.55. The zero-order valence-corrected chi connectivity index (χ0v) is 16.5. The minimum absolute atomic E-state index is 0.0152. The number of aliphatic hydroxyl groups is 1. The standard InChI is InChI=1S/C20H16BrF3N2O3/c21-14-6-8-16(9-7-14)29-12-15(27)11-26-19(28)17(20(22,23)24)10-18(25-26)13-4-2-1-3-5-13/h1-10,15,27H,11-12H2/t15-/m0/s1. The first-order chi connectivity index (χ1) is 13.7. The monoisotopic (exact) mass is 468 g/mol. The highest BCUT2D eigenvalue weighted by molar-refractivity contribution is 9.10. The predicted molar refractivity (Wildman–Crippen MR) is 105 cm³/mol. The van der Waals surface area contributed by atoms with Gasteiger partial charge < -0.3 is 9.84 Å². The third kappa shape index (κ3) is 5.45. The molecule has 0 fully saturated rings. The fourth-order valence-electron chi connectivity index (χ4n) is 2.59. The van der Waals surface area contributed by atoms with Gasteiger partial charge in [0.25, 0.3) is 5.56 Å². The lowest BCUT2D eigenvalue weighted by molar-refractivity contribution is -0.139. The van der Waals surface area contributed by atoms with E-state index in [9.17, 15) is 23.1 Å². The molecule has 1 N–H and O–H groups in total. The summed E-state index contributed by atoms with van der Waals surface area (Å²) in [6, 6.07) is 15.7. The number of benzene rings is 2. The second-order valence-electron chi connectivity index (χ2n) is 6.21. The van der Waals surface area contributed by atoms with Gasteiger partial charge in [-0.15, -0.1) is 0 Å². The molecule has 0 aliphatic rings. The smallest absolute Gasteiger partial charge is 0.421 e. The summed E-state index contributed by atoms with van der Waals surface area (Å²) in [7, 11) is 0. The van der Waals surface area contributed by atoms with Crippen LogP contribution in [-0.4, -0.2) is 27.6 Å². The Labute approximate surface area is 172 Å². The molecular weight excluding hydrogens is 453 g/mol. The molecule has 0 unspecified atom stereocenters. The van der Waals surface area contributed by atoms with E-state index in [1.807, 2.05) is 0 Å². The quantitative estimate of drug-likeness (QED) is 0.590. The summed E-state index contributed by atoms with van der Waals surface area (Å²) in [6.45, 7) is -0.661. The number of aliphatic hydroxyl groups excluding tert-OH is 1. The first kappa shape index (κ1) is 21.1. The Balaban J connectivity index is 1.85. The van der Waals surface area contributed by atoms with Crippen molar-refractivity contribution >= 4 is 15.9 Å². The van der Waals surface area contributed by atoms with Crippen LogP contribution in [-0.2, 0) is 12.7 Å².